The number of carbonyl (C=O) groups excluding carboxylic acids is 2. The topological polar surface area (TPSA) is 106 Å². The maximum absolute atomic E-state index is 13.3. The van der Waals surface area contributed by atoms with Crippen LogP contribution < -0.4 is 16.4 Å². The molecule has 7 nitrogen and oxygen atoms in total. The number of rotatable bonds is 8. The van der Waals surface area contributed by atoms with Crippen molar-refractivity contribution in [1.82, 2.24) is 5.32 Å². The number of ether oxygens (including phenoxy) is 1. The maximum atomic E-state index is 13.3. The lowest BCUT2D eigenvalue weighted by Gasteiger charge is -2.29. The van der Waals surface area contributed by atoms with Gasteiger partial charge in [0.2, 0.25) is 5.91 Å². The average Bonchev–Trinajstić information content (AvgIpc) is 3.62. The standard InChI is InChI=1S/C25H36N4O3/c1-15(14-26)21(27-5)18-10-12-19(13-11-18)28-23(30)22(29-24(31)32-25(2,3)4)20(16-6-7-16)17-8-9-17/h10-14,16-17,20,22H,6-9,26H2,1-5H3,(H,28,30)(H,29,31)/b15-14-,27-21?. The lowest BCUT2D eigenvalue weighted by molar-refractivity contribution is -0.120. The van der Waals surface area contributed by atoms with E-state index in [2.05, 4.69) is 15.6 Å². The Morgan fingerprint density at radius 3 is 2.12 bits per heavy atom. The predicted octanol–water partition coefficient (Wildman–Crippen LogP) is 4.24. The minimum atomic E-state index is -0.621. The van der Waals surface area contributed by atoms with Gasteiger partial charge in [-0.25, -0.2) is 4.79 Å². The fraction of sp³-hybridized carbons (Fsp3) is 0.560. The fourth-order valence-electron chi connectivity index (χ4n) is 4.21. The zero-order chi connectivity index (χ0) is 23.5. The van der Waals surface area contributed by atoms with Gasteiger partial charge < -0.3 is 21.1 Å². The zero-order valence-corrected chi connectivity index (χ0v) is 19.8. The molecule has 1 aromatic carbocycles. The van der Waals surface area contributed by atoms with E-state index in [-0.39, 0.29) is 11.8 Å². The van der Waals surface area contributed by atoms with Crippen molar-refractivity contribution in [1.29, 1.82) is 0 Å². The minimum Gasteiger partial charge on any atom is -0.444 e. The number of nitrogens with one attached hydrogen (secondary N) is 2. The summed E-state index contributed by atoms with van der Waals surface area (Å²) in [6.07, 6.45) is 5.44. The molecule has 2 saturated carbocycles. The van der Waals surface area contributed by atoms with Gasteiger partial charge >= 0.3 is 6.09 Å². The molecule has 0 spiro atoms. The lowest BCUT2D eigenvalue weighted by atomic mass is 9.88. The van der Waals surface area contributed by atoms with Crippen LogP contribution in [-0.2, 0) is 9.53 Å². The van der Waals surface area contributed by atoms with E-state index in [1.807, 2.05) is 52.0 Å². The van der Waals surface area contributed by atoms with E-state index >= 15 is 0 Å². The van der Waals surface area contributed by atoms with Crippen LogP contribution in [0, 0.1) is 17.8 Å². The maximum Gasteiger partial charge on any atom is 0.408 e. The van der Waals surface area contributed by atoms with Crippen LogP contribution in [0.2, 0.25) is 0 Å². The second-order valence-corrected chi connectivity index (χ2v) is 9.86. The van der Waals surface area contributed by atoms with Crippen molar-refractivity contribution in [3.63, 3.8) is 0 Å². The Morgan fingerprint density at radius 1 is 1.12 bits per heavy atom. The Hall–Kier alpha value is -2.83. The average molecular weight is 441 g/mol. The van der Waals surface area contributed by atoms with Gasteiger partial charge in [0, 0.05) is 18.3 Å². The fourth-order valence-corrected chi connectivity index (χ4v) is 4.21. The Balaban J connectivity index is 1.75. The molecule has 2 aliphatic rings. The molecule has 7 heteroatoms. The molecule has 0 saturated heterocycles. The molecule has 4 N–H and O–H groups in total. The van der Waals surface area contributed by atoms with Gasteiger partial charge in [0.1, 0.15) is 11.6 Å². The normalized spacial score (nSPS) is 18.3. The van der Waals surface area contributed by atoms with Crippen LogP contribution in [-0.4, -0.2) is 36.4 Å². The Kier molecular flexibility index (Phi) is 7.26. The molecule has 1 aromatic rings. The number of nitrogens with zero attached hydrogens (tertiary/aromatic N) is 1. The molecule has 1 unspecified atom stereocenters. The second kappa shape index (κ2) is 9.76. The summed E-state index contributed by atoms with van der Waals surface area (Å²) >= 11 is 0. The Morgan fingerprint density at radius 2 is 1.69 bits per heavy atom. The van der Waals surface area contributed by atoms with Crippen LogP contribution in [0.4, 0.5) is 10.5 Å². The van der Waals surface area contributed by atoms with Crippen molar-refractivity contribution in [2.45, 2.75) is 65.0 Å². The molecule has 2 amide bonds. The molecule has 2 fully saturated rings. The second-order valence-electron chi connectivity index (χ2n) is 9.86. The molecule has 0 radical (unpaired) electrons. The van der Waals surface area contributed by atoms with Crippen LogP contribution in [0.25, 0.3) is 0 Å². The largest absolute Gasteiger partial charge is 0.444 e. The first-order chi connectivity index (χ1) is 15.1. The summed E-state index contributed by atoms with van der Waals surface area (Å²) in [6.45, 7) is 7.36. The number of benzene rings is 1. The summed E-state index contributed by atoms with van der Waals surface area (Å²) in [6, 6.07) is 6.88. The molecule has 32 heavy (non-hydrogen) atoms. The smallest absolute Gasteiger partial charge is 0.408 e. The molecule has 0 bridgehead atoms. The Bertz CT molecular complexity index is 879. The van der Waals surface area contributed by atoms with Gasteiger partial charge in [0.15, 0.2) is 0 Å². The summed E-state index contributed by atoms with van der Waals surface area (Å²) in [5, 5.41) is 5.88. The van der Waals surface area contributed by atoms with Crippen molar-refractivity contribution in [2.24, 2.45) is 28.5 Å². The highest BCUT2D eigenvalue weighted by molar-refractivity contribution is 6.12. The van der Waals surface area contributed by atoms with E-state index in [9.17, 15) is 9.59 Å². The highest BCUT2D eigenvalue weighted by atomic mass is 16.6. The highest BCUT2D eigenvalue weighted by Gasteiger charge is 2.48. The molecule has 2 aliphatic carbocycles. The molecule has 0 heterocycles. The molecule has 0 aromatic heterocycles. The van der Waals surface area contributed by atoms with Gasteiger partial charge in [0.25, 0.3) is 0 Å². The van der Waals surface area contributed by atoms with Gasteiger partial charge in [-0.2, -0.15) is 0 Å². The van der Waals surface area contributed by atoms with Gasteiger partial charge in [0.05, 0.1) is 5.71 Å². The van der Waals surface area contributed by atoms with E-state index < -0.39 is 17.7 Å². The van der Waals surface area contributed by atoms with Crippen LogP contribution >= 0.6 is 0 Å². The first-order valence-corrected chi connectivity index (χ1v) is 11.4. The summed E-state index contributed by atoms with van der Waals surface area (Å²) < 4.78 is 5.45. The summed E-state index contributed by atoms with van der Waals surface area (Å²) in [5.41, 5.74) is 8.28. The quantitative estimate of drug-likeness (QED) is 0.526. The van der Waals surface area contributed by atoms with Crippen LogP contribution in [0.3, 0.4) is 0 Å². The third-order valence-electron chi connectivity index (χ3n) is 5.95. The molecule has 1 atom stereocenters. The van der Waals surface area contributed by atoms with Gasteiger partial charge in [-0.15, -0.1) is 0 Å². The van der Waals surface area contributed by atoms with Crippen molar-refractivity contribution in [2.75, 3.05) is 12.4 Å². The molecular formula is C25H36N4O3. The third kappa shape index (κ3) is 6.34. The molecule has 0 aliphatic heterocycles. The third-order valence-corrected chi connectivity index (χ3v) is 5.95. The van der Waals surface area contributed by atoms with Crippen molar-refractivity contribution < 1.29 is 14.3 Å². The molecule has 174 valence electrons. The number of nitrogens with two attached hydrogens (primary N) is 1. The number of amides is 2. The van der Waals surface area contributed by atoms with E-state index in [0.29, 0.717) is 17.5 Å². The first-order valence-electron chi connectivity index (χ1n) is 11.4. The lowest BCUT2D eigenvalue weighted by Crippen LogP contribution is -2.51. The summed E-state index contributed by atoms with van der Waals surface area (Å²) in [4.78, 5) is 30.1. The van der Waals surface area contributed by atoms with Crippen LogP contribution in [0.1, 0.15) is 58.9 Å². The van der Waals surface area contributed by atoms with Crippen molar-refractivity contribution >= 4 is 23.4 Å². The van der Waals surface area contributed by atoms with Gasteiger partial charge in [-0.3, -0.25) is 9.79 Å². The molecule has 3 rings (SSSR count). The summed E-state index contributed by atoms with van der Waals surface area (Å²) in [7, 11) is 1.72. The zero-order valence-electron chi connectivity index (χ0n) is 19.8. The first kappa shape index (κ1) is 23.8. The predicted molar refractivity (Wildman–Crippen MR) is 128 cm³/mol. The van der Waals surface area contributed by atoms with Gasteiger partial charge in [-0.05, 0) is 95.0 Å². The number of anilines is 1. The number of carbonyl (C=O) groups is 2. The van der Waals surface area contributed by atoms with Crippen LogP contribution in [0.15, 0.2) is 41.0 Å². The van der Waals surface area contributed by atoms with E-state index in [1.165, 1.54) is 6.20 Å². The minimum absolute atomic E-state index is 0.151. The summed E-state index contributed by atoms with van der Waals surface area (Å²) in [5.74, 6) is 0.933. The highest BCUT2D eigenvalue weighted by Crippen LogP contribution is 2.50. The number of alkyl carbamates (subject to hydrolysis) is 1. The monoisotopic (exact) mass is 440 g/mol. The number of hydrogen-bond acceptors (Lipinski definition) is 5. The van der Waals surface area contributed by atoms with Crippen LogP contribution in [0.5, 0.6) is 0 Å². The number of aliphatic imine (C=N–C) groups is 1. The van der Waals surface area contributed by atoms with E-state index in [4.69, 9.17) is 10.5 Å². The van der Waals surface area contributed by atoms with Crippen molar-refractivity contribution in [3.8, 4) is 0 Å². The van der Waals surface area contributed by atoms with E-state index in [1.54, 1.807) is 7.05 Å². The molecular weight excluding hydrogens is 404 g/mol. The number of allylic oxidation sites excluding steroid dienone is 1. The Labute approximate surface area is 190 Å². The van der Waals surface area contributed by atoms with Gasteiger partial charge in [-0.1, -0.05) is 12.1 Å². The SMILES string of the molecule is CN=C(/C(C)=C\N)c1ccc(NC(=O)C(NC(=O)OC(C)(C)C)C(C2CC2)C2CC2)cc1. The number of hydrogen-bond donors (Lipinski definition) is 3. The van der Waals surface area contributed by atoms with E-state index in [0.717, 1.165) is 42.5 Å². The van der Waals surface area contributed by atoms with Crippen molar-refractivity contribution in [3.05, 3.63) is 41.6 Å².